The first-order valence-corrected chi connectivity index (χ1v) is 3.98. The molecule has 11 heavy (non-hydrogen) atoms. The van der Waals surface area contributed by atoms with Gasteiger partial charge in [-0.05, 0) is 24.3 Å². The van der Waals surface area contributed by atoms with Gasteiger partial charge >= 0.3 is 0 Å². The monoisotopic (exact) mass is 152 g/mol. The summed E-state index contributed by atoms with van der Waals surface area (Å²) in [6.45, 7) is 8.78. The van der Waals surface area contributed by atoms with E-state index in [0.29, 0.717) is 5.41 Å². The number of aromatic nitrogens is 2. The van der Waals surface area contributed by atoms with Gasteiger partial charge in [-0.15, -0.1) is 0 Å². The Kier molecular flexibility index (Phi) is 2.03. The minimum atomic E-state index is 0.345. The fourth-order valence-corrected chi connectivity index (χ4v) is 1.08. The maximum absolute atomic E-state index is 3.98. The highest BCUT2D eigenvalue weighted by molar-refractivity contribution is 5.14. The topological polar surface area (TPSA) is 28.7 Å². The molecule has 1 aromatic heterocycles. The Hall–Kier alpha value is -0.790. The molecule has 2 heteroatoms. The Labute approximate surface area is 68.0 Å². The van der Waals surface area contributed by atoms with Gasteiger partial charge < -0.3 is 0 Å². The molecule has 0 saturated heterocycles. The van der Waals surface area contributed by atoms with E-state index < -0.39 is 0 Å². The second-order valence-electron chi connectivity index (χ2n) is 4.27. The van der Waals surface area contributed by atoms with Gasteiger partial charge in [-0.2, -0.15) is 5.10 Å². The number of hydrogen-bond donors (Lipinski definition) is 1. The van der Waals surface area contributed by atoms with Crippen molar-refractivity contribution in [1.82, 2.24) is 10.2 Å². The third-order valence-corrected chi connectivity index (χ3v) is 1.64. The van der Waals surface area contributed by atoms with Crippen LogP contribution in [0.1, 0.15) is 32.0 Å². The fourth-order valence-electron chi connectivity index (χ4n) is 1.08. The number of rotatable bonds is 1. The molecule has 0 fully saturated rings. The van der Waals surface area contributed by atoms with Crippen molar-refractivity contribution in [2.24, 2.45) is 5.41 Å². The molecule has 1 heterocycles. The van der Waals surface area contributed by atoms with Crippen molar-refractivity contribution >= 4 is 0 Å². The highest BCUT2D eigenvalue weighted by atomic mass is 15.1. The van der Waals surface area contributed by atoms with Crippen molar-refractivity contribution in [2.75, 3.05) is 0 Å². The van der Waals surface area contributed by atoms with Gasteiger partial charge in [0.25, 0.3) is 0 Å². The molecule has 0 aromatic carbocycles. The normalized spacial score (nSPS) is 12.0. The maximum Gasteiger partial charge on any atom is 0.0519 e. The Morgan fingerprint density at radius 3 is 2.45 bits per heavy atom. The van der Waals surface area contributed by atoms with E-state index in [0.717, 1.165) is 6.42 Å². The first-order chi connectivity index (χ1) is 4.99. The average Bonchev–Trinajstić information content (AvgIpc) is 2.12. The van der Waals surface area contributed by atoms with E-state index >= 15 is 0 Å². The molecule has 62 valence electrons. The molecular weight excluding hydrogens is 136 g/mol. The van der Waals surface area contributed by atoms with Crippen LogP contribution >= 0.6 is 0 Å². The van der Waals surface area contributed by atoms with Gasteiger partial charge in [0, 0.05) is 5.69 Å². The molecule has 1 aromatic rings. The first-order valence-electron chi connectivity index (χ1n) is 3.98. The summed E-state index contributed by atoms with van der Waals surface area (Å²) in [7, 11) is 0. The molecule has 2 nitrogen and oxygen atoms in total. The van der Waals surface area contributed by atoms with Crippen molar-refractivity contribution in [3.05, 3.63) is 17.5 Å². The SMILES string of the molecule is Cc1cn[nH]c1CC(C)(C)C. The minimum Gasteiger partial charge on any atom is -0.282 e. The Morgan fingerprint density at radius 2 is 2.09 bits per heavy atom. The van der Waals surface area contributed by atoms with Crippen molar-refractivity contribution < 1.29 is 0 Å². The lowest BCUT2D eigenvalue weighted by atomic mass is 9.90. The molecule has 0 aliphatic rings. The Morgan fingerprint density at radius 1 is 1.45 bits per heavy atom. The molecule has 0 spiro atoms. The number of hydrogen-bond acceptors (Lipinski definition) is 1. The Bertz CT molecular complexity index is 230. The summed E-state index contributed by atoms with van der Waals surface area (Å²) in [5.74, 6) is 0. The van der Waals surface area contributed by atoms with E-state index in [4.69, 9.17) is 0 Å². The third-order valence-electron chi connectivity index (χ3n) is 1.64. The summed E-state index contributed by atoms with van der Waals surface area (Å²) in [5, 5.41) is 6.99. The molecule has 0 saturated carbocycles. The summed E-state index contributed by atoms with van der Waals surface area (Å²) >= 11 is 0. The number of nitrogens with one attached hydrogen (secondary N) is 1. The first kappa shape index (κ1) is 8.31. The van der Waals surface area contributed by atoms with Crippen LogP contribution in [0.2, 0.25) is 0 Å². The highest BCUT2D eigenvalue weighted by Crippen LogP contribution is 2.20. The van der Waals surface area contributed by atoms with Crippen molar-refractivity contribution in [2.45, 2.75) is 34.1 Å². The second kappa shape index (κ2) is 2.68. The van der Waals surface area contributed by atoms with Crippen LogP contribution < -0.4 is 0 Å². The molecular formula is C9H16N2. The summed E-state index contributed by atoms with van der Waals surface area (Å²) in [6.07, 6.45) is 2.94. The van der Waals surface area contributed by atoms with E-state index in [2.05, 4.69) is 37.9 Å². The third kappa shape index (κ3) is 2.37. The zero-order valence-corrected chi connectivity index (χ0v) is 7.73. The fraction of sp³-hybridized carbons (Fsp3) is 0.667. The summed E-state index contributed by atoms with van der Waals surface area (Å²) in [5.41, 5.74) is 2.87. The molecule has 0 bridgehead atoms. The van der Waals surface area contributed by atoms with Crippen LogP contribution in [0.15, 0.2) is 6.20 Å². The standard InChI is InChI=1S/C9H16N2/c1-7-6-10-11-8(7)5-9(2,3)4/h6H,5H2,1-4H3,(H,10,11). The lowest BCUT2D eigenvalue weighted by molar-refractivity contribution is 0.405. The van der Waals surface area contributed by atoms with Crippen LogP contribution in [-0.2, 0) is 6.42 Å². The van der Waals surface area contributed by atoms with Crippen molar-refractivity contribution in [3.63, 3.8) is 0 Å². The van der Waals surface area contributed by atoms with Gasteiger partial charge in [0.05, 0.1) is 6.20 Å². The van der Waals surface area contributed by atoms with Gasteiger partial charge in [0.15, 0.2) is 0 Å². The lowest BCUT2D eigenvalue weighted by Gasteiger charge is -2.16. The van der Waals surface area contributed by atoms with Crippen molar-refractivity contribution in [3.8, 4) is 0 Å². The van der Waals surface area contributed by atoms with Crippen LogP contribution in [0, 0.1) is 12.3 Å². The van der Waals surface area contributed by atoms with E-state index in [1.54, 1.807) is 0 Å². The van der Waals surface area contributed by atoms with Gasteiger partial charge in [-0.1, -0.05) is 20.8 Å². The zero-order chi connectivity index (χ0) is 8.48. The smallest absolute Gasteiger partial charge is 0.0519 e. The van der Waals surface area contributed by atoms with Gasteiger partial charge in [-0.3, -0.25) is 5.10 Å². The van der Waals surface area contributed by atoms with Gasteiger partial charge in [0.2, 0.25) is 0 Å². The van der Waals surface area contributed by atoms with Crippen LogP contribution in [-0.4, -0.2) is 10.2 Å². The minimum absolute atomic E-state index is 0.345. The van der Waals surface area contributed by atoms with Crippen LogP contribution in [0.5, 0.6) is 0 Å². The number of nitrogens with zero attached hydrogens (tertiary/aromatic N) is 1. The lowest BCUT2D eigenvalue weighted by Crippen LogP contribution is -2.10. The zero-order valence-electron chi connectivity index (χ0n) is 7.73. The van der Waals surface area contributed by atoms with E-state index in [1.807, 2.05) is 6.20 Å². The second-order valence-corrected chi connectivity index (χ2v) is 4.27. The quantitative estimate of drug-likeness (QED) is 0.657. The Balaban J connectivity index is 2.72. The number of aryl methyl sites for hydroxylation is 1. The van der Waals surface area contributed by atoms with E-state index in [9.17, 15) is 0 Å². The molecule has 0 aliphatic carbocycles. The molecule has 1 rings (SSSR count). The maximum atomic E-state index is 3.98. The average molecular weight is 152 g/mol. The summed E-state index contributed by atoms with van der Waals surface area (Å²) < 4.78 is 0. The van der Waals surface area contributed by atoms with Gasteiger partial charge in [0.1, 0.15) is 0 Å². The highest BCUT2D eigenvalue weighted by Gasteiger charge is 2.13. The molecule has 0 aliphatic heterocycles. The number of aromatic amines is 1. The van der Waals surface area contributed by atoms with E-state index in [-0.39, 0.29) is 0 Å². The predicted molar refractivity (Wildman–Crippen MR) is 46.5 cm³/mol. The summed E-state index contributed by atoms with van der Waals surface area (Å²) in [4.78, 5) is 0. The predicted octanol–water partition coefficient (Wildman–Crippen LogP) is 2.31. The summed E-state index contributed by atoms with van der Waals surface area (Å²) in [6, 6.07) is 0. The van der Waals surface area contributed by atoms with Crippen LogP contribution in [0.25, 0.3) is 0 Å². The van der Waals surface area contributed by atoms with E-state index in [1.165, 1.54) is 11.3 Å². The number of H-pyrrole nitrogens is 1. The van der Waals surface area contributed by atoms with Crippen molar-refractivity contribution in [1.29, 1.82) is 0 Å². The molecule has 0 amide bonds. The largest absolute Gasteiger partial charge is 0.282 e. The molecule has 0 radical (unpaired) electrons. The van der Waals surface area contributed by atoms with Crippen LogP contribution in [0.4, 0.5) is 0 Å². The molecule has 0 unspecified atom stereocenters. The van der Waals surface area contributed by atoms with Crippen LogP contribution in [0.3, 0.4) is 0 Å². The molecule has 1 N–H and O–H groups in total. The van der Waals surface area contributed by atoms with Gasteiger partial charge in [-0.25, -0.2) is 0 Å². The molecule has 0 atom stereocenters.